The van der Waals surface area contributed by atoms with Crippen molar-refractivity contribution in [3.05, 3.63) is 60.4 Å². The van der Waals surface area contributed by atoms with Gasteiger partial charge >= 0.3 is 0 Å². The summed E-state index contributed by atoms with van der Waals surface area (Å²) in [6, 6.07) is 16.0. The molecule has 0 radical (unpaired) electrons. The second kappa shape index (κ2) is 8.25. The first kappa shape index (κ1) is 18.2. The molecule has 0 atom stereocenters. The number of ether oxygens (including phenoxy) is 1. The number of hydrogen-bond acceptors (Lipinski definition) is 5. The van der Waals surface area contributed by atoms with E-state index in [1.807, 2.05) is 47.4 Å². The van der Waals surface area contributed by atoms with Gasteiger partial charge < -0.3 is 14.5 Å². The Kier molecular flexibility index (Phi) is 5.37. The molecule has 3 aromatic rings. The van der Waals surface area contributed by atoms with Crippen molar-refractivity contribution in [2.75, 3.05) is 38.2 Å². The van der Waals surface area contributed by atoms with E-state index < -0.39 is 0 Å². The van der Waals surface area contributed by atoms with Gasteiger partial charge in [0.05, 0.1) is 12.6 Å². The summed E-state index contributed by atoms with van der Waals surface area (Å²) in [5.74, 6) is 2.00. The highest BCUT2D eigenvalue weighted by molar-refractivity contribution is 5.89. The molecule has 1 saturated heterocycles. The van der Waals surface area contributed by atoms with E-state index in [1.54, 1.807) is 13.4 Å². The Morgan fingerprint density at radius 1 is 1.00 bits per heavy atom. The zero-order valence-electron chi connectivity index (χ0n) is 16.0. The summed E-state index contributed by atoms with van der Waals surface area (Å²) in [4.78, 5) is 25.6. The van der Waals surface area contributed by atoms with Crippen LogP contribution >= 0.6 is 0 Å². The topological polar surface area (TPSA) is 58.6 Å². The summed E-state index contributed by atoms with van der Waals surface area (Å²) in [7, 11) is 1.66. The van der Waals surface area contributed by atoms with Gasteiger partial charge in [0.1, 0.15) is 17.9 Å². The van der Waals surface area contributed by atoms with Crippen LogP contribution in [0.1, 0.15) is 12.0 Å². The zero-order valence-corrected chi connectivity index (χ0v) is 16.0. The molecule has 1 aliphatic rings. The van der Waals surface area contributed by atoms with Crippen molar-refractivity contribution in [1.29, 1.82) is 0 Å². The summed E-state index contributed by atoms with van der Waals surface area (Å²) in [6.45, 7) is 3.02. The monoisotopic (exact) mass is 376 g/mol. The van der Waals surface area contributed by atoms with Crippen molar-refractivity contribution >= 4 is 22.6 Å². The first-order chi connectivity index (χ1) is 13.7. The minimum atomic E-state index is 0.211. The van der Waals surface area contributed by atoms with Crippen LogP contribution in [0.5, 0.6) is 5.75 Å². The third-order valence-corrected chi connectivity index (χ3v) is 5.24. The van der Waals surface area contributed by atoms with Gasteiger partial charge in [-0.1, -0.05) is 24.3 Å². The number of aromatic nitrogens is 2. The highest BCUT2D eigenvalue weighted by Gasteiger charge is 2.22. The van der Waals surface area contributed by atoms with Crippen LogP contribution in [0.2, 0.25) is 0 Å². The summed E-state index contributed by atoms with van der Waals surface area (Å²) < 4.78 is 5.17. The van der Waals surface area contributed by atoms with Crippen LogP contribution in [0.25, 0.3) is 10.9 Å². The second-order valence-corrected chi connectivity index (χ2v) is 6.93. The quantitative estimate of drug-likeness (QED) is 0.685. The molecule has 0 bridgehead atoms. The maximum Gasteiger partial charge on any atom is 0.223 e. The van der Waals surface area contributed by atoms with Gasteiger partial charge in [0.15, 0.2) is 0 Å². The number of nitrogens with zero attached hydrogens (tertiary/aromatic N) is 4. The fourth-order valence-corrected chi connectivity index (χ4v) is 3.61. The molecule has 1 amide bonds. The Hall–Kier alpha value is -3.15. The molecule has 144 valence electrons. The number of piperazine rings is 1. The maximum atomic E-state index is 12.6. The third-order valence-electron chi connectivity index (χ3n) is 5.24. The molecule has 28 heavy (non-hydrogen) atoms. The molecule has 1 aromatic heterocycles. The van der Waals surface area contributed by atoms with Gasteiger partial charge in [0, 0.05) is 38.0 Å². The van der Waals surface area contributed by atoms with E-state index in [4.69, 9.17) is 4.74 Å². The van der Waals surface area contributed by atoms with E-state index in [2.05, 4.69) is 20.9 Å². The number of anilines is 1. The van der Waals surface area contributed by atoms with E-state index >= 15 is 0 Å². The van der Waals surface area contributed by atoms with Gasteiger partial charge in [-0.05, 0) is 36.2 Å². The summed E-state index contributed by atoms with van der Waals surface area (Å²) in [6.07, 6.45) is 2.90. The number of hydrogen-bond donors (Lipinski definition) is 0. The maximum absolute atomic E-state index is 12.6. The molecule has 0 N–H and O–H groups in total. The largest absolute Gasteiger partial charge is 0.497 e. The number of amides is 1. The summed E-state index contributed by atoms with van der Waals surface area (Å²) in [5, 5.41) is 1.06. The first-order valence-corrected chi connectivity index (χ1v) is 9.60. The minimum absolute atomic E-state index is 0.211. The van der Waals surface area contributed by atoms with Crippen molar-refractivity contribution in [2.45, 2.75) is 12.8 Å². The lowest BCUT2D eigenvalue weighted by Crippen LogP contribution is -2.49. The second-order valence-electron chi connectivity index (χ2n) is 6.93. The van der Waals surface area contributed by atoms with Crippen molar-refractivity contribution in [1.82, 2.24) is 14.9 Å². The molecule has 1 aliphatic heterocycles. The molecule has 6 heteroatoms. The number of rotatable bonds is 5. The molecular weight excluding hydrogens is 352 g/mol. The van der Waals surface area contributed by atoms with E-state index in [-0.39, 0.29) is 5.91 Å². The lowest BCUT2D eigenvalue weighted by molar-refractivity contribution is -0.131. The molecule has 1 fully saturated rings. The van der Waals surface area contributed by atoms with Crippen LogP contribution in [0.3, 0.4) is 0 Å². The van der Waals surface area contributed by atoms with Crippen molar-refractivity contribution < 1.29 is 9.53 Å². The predicted octanol–water partition coefficient (Wildman–Crippen LogP) is 2.92. The SMILES string of the molecule is COc1ccc(CCC(=O)N2CCN(c3ncnc4ccccc34)CC2)cc1. The van der Waals surface area contributed by atoms with E-state index in [0.29, 0.717) is 6.42 Å². The summed E-state index contributed by atoms with van der Waals surface area (Å²) in [5.41, 5.74) is 2.10. The van der Waals surface area contributed by atoms with Gasteiger partial charge in [-0.2, -0.15) is 0 Å². The molecule has 0 saturated carbocycles. The fraction of sp³-hybridized carbons (Fsp3) is 0.318. The van der Waals surface area contributed by atoms with E-state index in [0.717, 1.165) is 60.6 Å². The Balaban J connectivity index is 1.33. The average Bonchev–Trinajstić information content (AvgIpc) is 2.77. The van der Waals surface area contributed by atoms with Gasteiger partial charge in [-0.25, -0.2) is 9.97 Å². The molecule has 0 spiro atoms. The number of benzene rings is 2. The number of fused-ring (bicyclic) bond motifs is 1. The molecule has 0 unspecified atom stereocenters. The Bertz CT molecular complexity index is 945. The van der Waals surface area contributed by atoms with Gasteiger partial charge in [0.25, 0.3) is 0 Å². The Labute approximate surface area is 164 Å². The normalized spacial score (nSPS) is 14.3. The van der Waals surface area contributed by atoms with Crippen LogP contribution in [0, 0.1) is 0 Å². The standard InChI is InChI=1S/C22H24N4O2/c1-28-18-9-6-17(7-10-18)8-11-21(27)25-12-14-26(15-13-25)22-19-4-2-3-5-20(19)23-16-24-22/h2-7,9-10,16H,8,11-15H2,1H3. The average molecular weight is 376 g/mol. The Morgan fingerprint density at radius 3 is 2.50 bits per heavy atom. The van der Waals surface area contributed by atoms with Crippen molar-refractivity contribution in [2.24, 2.45) is 0 Å². The highest BCUT2D eigenvalue weighted by Crippen LogP contribution is 2.23. The van der Waals surface area contributed by atoms with Crippen LogP contribution < -0.4 is 9.64 Å². The molecule has 4 rings (SSSR count). The first-order valence-electron chi connectivity index (χ1n) is 9.60. The number of carbonyl (C=O) groups excluding carboxylic acids is 1. The van der Waals surface area contributed by atoms with E-state index in [9.17, 15) is 4.79 Å². The fourth-order valence-electron chi connectivity index (χ4n) is 3.61. The number of aryl methyl sites for hydroxylation is 1. The Morgan fingerprint density at radius 2 is 1.75 bits per heavy atom. The van der Waals surface area contributed by atoms with Crippen molar-refractivity contribution in [3.63, 3.8) is 0 Å². The van der Waals surface area contributed by atoms with Crippen LogP contribution in [-0.2, 0) is 11.2 Å². The zero-order chi connectivity index (χ0) is 19.3. The van der Waals surface area contributed by atoms with Gasteiger partial charge in [-0.15, -0.1) is 0 Å². The molecular formula is C22H24N4O2. The molecule has 2 heterocycles. The third kappa shape index (κ3) is 3.91. The van der Waals surface area contributed by atoms with E-state index in [1.165, 1.54) is 0 Å². The molecule has 6 nitrogen and oxygen atoms in total. The lowest BCUT2D eigenvalue weighted by Gasteiger charge is -2.35. The van der Waals surface area contributed by atoms with Crippen LogP contribution in [-0.4, -0.2) is 54.1 Å². The number of carbonyl (C=O) groups is 1. The smallest absolute Gasteiger partial charge is 0.223 e. The van der Waals surface area contributed by atoms with Crippen LogP contribution in [0.15, 0.2) is 54.9 Å². The van der Waals surface area contributed by atoms with Crippen molar-refractivity contribution in [3.8, 4) is 5.75 Å². The van der Waals surface area contributed by atoms with Crippen LogP contribution in [0.4, 0.5) is 5.82 Å². The lowest BCUT2D eigenvalue weighted by atomic mass is 10.1. The van der Waals surface area contributed by atoms with Gasteiger partial charge in [-0.3, -0.25) is 4.79 Å². The van der Waals surface area contributed by atoms with Gasteiger partial charge in [0.2, 0.25) is 5.91 Å². The summed E-state index contributed by atoms with van der Waals surface area (Å²) >= 11 is 0. The minimum Gasteiger partial charge on any atom is -0.497 e. The number of methoxy groups -OCH3 is 1. The predicted molar refractivity (Wildman–Crippen MR) is 110 cm³/mol. The molecule has 2 aromatic carbocycles. The highest BCUT2D eigenvalue weighted by atomic mass is 16.5. The number of para-hydroxylation sites is 1. The molecule has 0 aliphatic carbocycles.